The van der Waals surface area contributed by atoms with E-state index in [1.807, 2.05) is 48.5 Å². The van der Waals surface area contributed by atoms with E-state index in [0.717, 1.165) is 36.6 Å². The zero-order valence-corrected chi connectivity index (χ0v) is 18.4. The third-order valence-corrected chi connectivity index (χ3v) is 6.79. The van der Waals surface area contributed by atoms with Crippen LogP contribution in [-0.2, 0) is 0 Å². The summed E-state index contributed by atoms with van der Waals surface area (Å²) >= 11 is 0. The molecule has 2 aromatic carbocycles. The first-order chi connectivity index (χ1) is 15.7. The lowest BCUT2D eigenvalue weighted by molar-refractivity contribution is 0.0930. The molecule has 0 radical (unpaired) electrons. The predicted molar refractivity (Wildman–Crippen MR) is 124 cm³/mol. The smallest absolute Gasteiger partial charge is 0.251 e. The third kappa shape index (κ3) is 4.45. The van der Waals surface area contributed by atoms with Crippen LogP contribution >= 0.6 is 0 Å². The summed E-state index contributed by atoms with van der Waals surface area (Å²) in [5, 5.41) is 10.0. The molecule has 5 N–H and O–H groups in total. The van der Waals surface area contributed by atoms with Crippen LogP contribution in [0.3, 0.4) is 0 Å². The molecule has 3 aliphatic rings. The second-order valence-corrected chi connectivity index (χ2v) is 8.84. The maximum Gasteiger partial charge on any atom is 0.251 e. The van der Waals surface area contributed by atoms with E-state index in [1.54, 1.807) is 0 Å². The van der Waals surface area contributed by atoms with Gasteiger partial charge in [0, 0.05) is 23.4 Å². The highest BCUT2D eigenvalue weighted by molar-refractivity contribution is 5.95. The van der Waals surface area contributed by atoms with Crippen LogP contribution < -0.4 is 31.5 Å². The number of piperidine rings is 1. The first kappa shape index (κ1) is 21.2. The van der Waals surface area contributed by atoms with Crippen LogP contribution in [0.5, 0.6) is 5.75 Å². The number of ether oxygens (including phenoxy) is 1. The normalized spacial score (nSPS) is 25.8. The minimum atomic E-state index is -0.121. The maximum absolute atomic E-state index is 12.9. The van der Waals surface area contributed by atoms with E-state index in [-0.39, 0.29) is 18.1 Å². The van der Waals surface area contributed by atoms with Crippen LogP contribution in [0.15, 0.2) is 48.5 Å². The first-order valence-electron chi connectivity index (χ1n) is 11.5. The average Bonchev–Trinajstić information content (AvgIpc) is 3.42. The van der Waals surface area contributed by atoms with Crippen LogP contribution in [-0.4, -0.2) is 56.4 Å². The van der Waals surface area contributed by atoms with Gasteiger partial charge in [-0.1, -0.05) is 24.3 Å². The number of carbonyl (C=O) groups excluding carboxylic acids is 1. The third-order valence-electron chi connectivity index (χ3n) is 6.79. The standard InChI is InChI=1S/C24H32N6O2/c1-30-22(28-29-23(30)16-9-11-25-12-10-16)14-26-18-6-4-5-17(13-18)24(31)27-20-15-32-21-8-3-2-7-19(20)21/h2-8,13,16,20,22-23,25-26,28-29H,9-12,14-15H2,1H3,(H,27,31)/t20-,22?,23?/m1/s1. The molecule has 2 unspecified atom stereocenters. The molecule has 8 heteroatoms. The number of hydrogen-bond donors (Lipinski definition) is 5. The summed E-state index contributed by atoms with van der Waals surface area (Å²) in [6.07, 6.45) is 2.91. The molecule has 0 bridgehead atoms. The number of hydrazine groups is 1. The van der Waals surface area contributed by atoms with Crippen molar-refractivity contribution in [3.05, 3.63) is 59.7 Å². The van der Waals surface area contributed by atoms with Crippen molar-refractivity contribution in [2.75, 3.05) is 38.6 Å². The van der Waals surface area contributed by atoms with Crippen molar-refractivity contribution in [2.45, 2.75) is 31.2 Å². The van der Waals surface area contributed by atoms with Crippen molar-refractivity contribution in [2.24, 2.45) is 5.92 Å². The van der Waals surface area contributed by atoms with Crippen molar-refractivity contribution in [3.8, 4) is 5.75 Å². The van der Waals surface area contributed by atoms with Crippen LogP contribution in [0.1, 0.15) is 34.8 Å². The lowest BCUT2D eigenvalue weighted by Crippen LogP contribution is -2.46. The van der Waals surface area contributed by atoms with Gasteiger partial charge in [0.15, 0.2) is 0 Å². The Morgan fingerprint density at radius 1 is 1.12 bits per heavy atom. The summed E-state index contributed by atoms with van der Waals surface area (Å²) in [7, 11) is 2.16. The van der Waals surface area contributed by atoms with Gasteiger partial charge in [-0.3, -0.25) is 9.69 Å². The van der Waals surface area contributed by atoms with Gasteiger partial charge in [0.1, 0.15) is 12.4 Å². The van der Waals surface area contributed by atoms with Gasteiger partial charge in [0.25, 0.3) is 5.91 Å². The number of likely N-dealkylation sites (N-methyl/N-ethyl adjacent to an activating group) is 1. The van der Waals surface area contributed by atoms with E-state index in [9.17, 15) is 4.79 Å². The molecular weight excluding hydrogens is 404 g/mol. The van der Waals surface area contributed by atoms with E-state index >= 15 is 0 Å². The van der Waals surface area contributed by atoms with E-state index in [0.29, 0.717) is 24.3 Å². The fraction of sp³-hybridized carbons (Fsp3) is 0.458. The number of nitrogens with zero attached hydrogens (tertiary/aromatic N) is 1. The second kappa shape index (κ2) is 9.46. The number of hydrogen-bond acceptors (Lipinski definition) is 7. The number of fused-ring (bicyclic) bond motifs is 1. The highest BCUT2D eigenvalue weighted by Crippen LogP contribution is 2.32. The first-order valence-corrected chi connectivity index (χ1v) is 11.5. The Morgan fingerprint density at radius 2 is 1.97 bits per heavy atom. The Morgan fingerprint density at radius 3 is 2.84 bits per heavy atom. The Hall–Kier alpha value is -2.65. The van der Waals surface area contributed by atoms with Gasteiger partial charge < -0.3 is 20.7 Å². The van der Waals surface area contributed by atoms with Crippen LogP contribution in [0, 0.1) is 5.92 Å². The van der Waals surface area contributed by atoms with Crippen LogP contribution in [0.4, 0.5) is 5.69 Å². The fourth-order valence-corrected chi connectivity index (χ4v) is 4.89. The van der Waals surface area contributed by atoms with E-state index in [4.69, 9.17) is 4.74 Å². The Balaban J connectivity index is 1.16. The number of carbonyl (C=O) groups is 1. The van der Waals surface area contributed by atoms with Crippen LogP contribution in [0.2, 0.25) is 0 Å². The summed E-state index contributed by atoms with van der Waals surface area (Å²) in [6.45, 7) is 3.38. The zero-order chi connectivity index (χ0) is 21.9. The van der Waals surface area contributed by atoms with Gasteiger partial charge in [-0.15, -0.1) is 0 Å². The number of anilines is 1. The molecule has 32 heavy (non-hydrogen) atoms. The molecular formula is C24H32N6O2. The van der Waals surface area contributed by atoms with Crippen molar-refractivity contribution >= 4 is 11.6 Å². The van der Waals surface area contributed by atoms with Gasteiger partial charge in [0.2, 0.25) is 0 Å². The molecule has 3 aliphatic heterocycles. The highest BCUT2D eigenvalue weighted by atomic mass is 16.5. The van der Waals surface area contributed by atoms with Gasteiger partial charge in [-0.2, -0.15) is 0 Å². The van der Waals surface area contributed by atoms with E-state index in [2.05, 4.69) is 38.7 Å². The minimum absolute atomic E-state index is 0.0947. The molecule has 0 aliphatic carbocycles. The van der Waals surface area contributed by atoms with Crippen molar-refractivity contribution in [1.82, 2.24) is 26.4 Å². The van der Waals surface area contributed by atoms with Gasteiger partial charge in [0.05, 0.1) is 18.4 Å². The van der Waals surface area contributed by atoms with Crippen molar-refractivity contribution < 1.29 is 9.53 Å². The van der Waals surface area contributed by atoms with Crippen LogP contribution in [0.25, 0.3) is 0 Å². The topological polar surface area (TPSA) is 89.7 Å². The SMILES string of the molecule is CN1C(CNc2cccc(C(=O)N[C@@H]3COc4ccccc43)c2)NNC1C1CCNCC1. The highest BCUT2D eigenvalue weighted by Gasteiger charge is 2.35. The monoisotopic (exact) mass is 436 g/mol. The molecule has 8 nitrogen and oxygen atoms in total. The number of rotatable bonds is 6. The summed E-state index contributed by atoms with van der Waals surface area (Å²) in [5.74, 6) is 1.40. The quantitative estimate of drug-likeness (QED) is 0.471. The lowest BCUT2D eigenvalue weighted by atomic mass is 9.94. The molecule has 0 aromatic heterocycles. The predicted octanol–water partition coefficient (Wildman–Crippen LogP) is 1.65. The van der Waals surface area contributed by atoms with Crippen molar-refractivity contribution in [3.63, 3.8) is 0 Å². The van der Waals surface area contributed by atoms with Gasteiger partial charge in [-0.05, 0) is 63.2 Å². The molecule has 3 atom stereocenters. The zero-order valence-electron chi connectivity index (χ0n) is 18.4. The summed E-state index contributed by atoms with van der Waals surface area (Å²) < 4.78 is 5.68. The fourth-order valence-electron chi connectivity index (χ4n) is 4.89. The minimum Gasteiger partial charge on any atom is -0.491 e. The molecule has 2 aromatic rings. The van der Waals surface area contributed by atoms with Gasteiger partial charge >= 0.3 is 0 Å². The number of para-hydroxylation sites is 1. The summed E-state index contributed by atoms with van der Waals surface area (Å²) in [5.41, 5.74) is 9.49. The van der Waals surface area contributed by atoms with Crippen molar-refractivity contribution in [1.29, 1.82) is 0 Å². The lowest BCUT2D eigenvalue weighted by Gasteiger charge is -2.32. The molecule has 2 fully saturated rings. The molecule has 0 spiro atoms. The van der Waals surface area contributed by atoms with Gasteiger partial charge in [-0.25, -0.2) is 10.9 Å². The Bertz CT molecular complexity index is 948. The summed E-state index contributed by atoms with van der Waals surface area (Å²) in [6, 6.07) is 15.4. The maximum atomic E-state index is 12.9. The molecule has 0 saturated carbocycles. The number of nitrogens with one attached hydrogen (secondary N) is 5. The number of amides is 1. The Labute approximate surface area is 189 Å². The molecule has 1 amide bonds. The number of benzene rings is 2. The molecule has 5 rings (SSSR count). The second-order valence-electron chi connectivity index (χ2n) is 8.84. The average molecular weight is 437 g/mol. The Kier molecular flexibility index (Phi) is 6.27. The van der Waals surface area contributed by atoms with E-state index < -0.39 is 0 Å². The molecule has 170 valence electrons. The molecule has 3 heterocycles. The largest absolute Gasteiger partial charge is 0.491 e. The summed E-state index contributed by atoms with van der Waals surface area (Å²) in [4.78, 5) is 15.2. The van der Waals surface area contributed by atoms with E-state index in [1.165, 1.54) is 12.8 Å². The molecule has 2 saturated heterocycles.